The zero-order valence-electron chi connectivity index (χ0n) is 9.26. The maximum absolute atomic E-state index is 13.9. The largest absolute Gasteiger partial charge is 0.399 e. The summed E-state index contributed by atoms with van der Waals surface area (Å²) >= 11 is 0. The summed E-state index contributed by atoms with van der Waals surface area (Å²) in [5, 5.41) is 0. The minimum absolute atomic E-state index is 0.0933. The average Bonchev–Trinajstić information content (AvgIpc) is 2.07. The molecule has 2 heteroatoms. The molecule has 0 atom stereocenters. The van der Waals surface area contributed by atoms with E-state index < -0.39 is 0 Å². The van der Waals surface area contributed by atoms with Gasteiger partial charge in [0.2, 0.25) is 0 Å². The molecule has 0 aliphatic carbocycles. The first-order valence-electron chi connectivity index (χ1n) is 5.02. The zero-order chi connectivity index (χ0) is 10.9. The molecule has 14 heavy (non-hydrogen) atoms. The van der Waals surface area contributed by atoms with Gasteiger partial charge in [0, 0.05) is 5.69 Å². The molecular formula is C12H18FN. The fourth-order valence-electron chi connectivity index (χ4n) is 1.53. The second kappa shape index (κ2) is 3.99. The van der Waals surface area contributed by atoms with E-state index in [2.05, 4.69) is 0 Å². The normalized spacial score (nSPS) is 11.4. The Balaban J connectivity index is 3.32. The van der Waals surface area contributed by atoms with E-state index in [1.165, 1.54) is 0 Å². The molecule has 0 aromatic heterocycles. The summed E-state index contributed by atoms with van der Waals surface area (Å²) in [5.41, 5.74) is 7.82. The van der Waals surface area contributed by atoms with Crippen molar-refractivity contribution in [2.75, 3.05) is 5.73 Å². The van der Waals surface area contributed by atoms with Crippen LogP contribution < -0.4 is 5.73 Å². The molecule has 0 unspecified atom stereocenters. The Morgan fingerprint density at radius 3 is 1.64 bits per heavy atom. The minimum atomic E-state index is -0.0933. The van der Waals surface area contributed by atoms with Gasteiger partial charge in [0.25, 0.3) is 0 Å². The summed E-state index contributed by atoms with van der Waals surface area (Å²) in [6, 6.07) is 3.46. The molecule has 0 aliphatic heterocycles. The molecule has 0 radical (unpaired) electrons. The highest BCUT2D eigenvalue weighted by atomic mass is 19.1. The van der Waals surface area contributed by atoms with Crippen LogP contribution in [0.25, 0.3) is 0 Å². The highest BCUT2D eigenvalue weighted by Gasteiger charge is 2.14. The zero-order valence-corrected chi connectivity index (χ0v) is 9.26. The molecule has 0 spiro atoms. The second-order valence-corrected chi connectivity index (χ2v) is 4.32. The molecule has 0 aliphatic rings. The van der Waals surface area contributed by atoms with Crippen LogP contribution in [0.2, 0.25) is 0 Å². The third kappa shape index (κ3) is 2.06. The van der Waals surface area contributed by atoms with Crippen molar-refractivity contribution in [2.45, 2.75) is 39.5 Å². The lowest BCUT2D eigenvalue weighted by molar-refractivity contribution is 0.573. The molecule has 0 saturated heterocycles. The van der Waals surface area contributed by atoms with Gasteiger partial charge in [-0.1, -0.05) is 27.7 Å². The van der Waals surface area contributed by atoms with Crippen molar-refractivity contribution in [3.63, 3.8) is 0 Å². The van der Waals surface area contributed by atoms with Crippen molar-refractivity contribution >= 4 is 5.69 Å². The van der Waals surface area contributed by atoms with Crippen LogP contribution >= 0.6 is 0 Å². The number of halogens is 1. The van der Waals surface area contributed by atoms with Crippen LogP contribution in [0.3, 0.4) is 0 Å². The molecule has 0 heterocycles. The number of benzene rings is 1. The number of nitrogens with two attached hydrogens (primary N) is 1. The van der Waals surface area contributed by atoms with Crippen molar-refractivity contribution in [2.24, 2.45) is 0 Å². The Morgan fingerprint density at radius 2 is 1.36 bits per heavy atom. The first-order valence-corrected chi connectivity index (χ1v) is 5.02. The van der Waals surface area contributed by atoms with Crippen LogP contribution in [-0.4, -0.2) is 0 Å². The van der Waals surface area contributed by atoms with Gasteiger partial charge in [-0.25, -0.2) is 4.39 Å². The van der Waals surface area contributed by atoms with Crippen LogP contribution in [0.1, 0.15) is 50.7 Å². The van der Waals surface area contributed by atoms with Gasteiger partial charge in [0.1, 0.15) is 5.82 Å². The van der Waals surface area contributed by atoms with E-state index in [0.717, 1.165) is 0 Å². The molecule has 1 aromatic rings. The third-order valence-corrected chi connectivity index (χ3v) is 2.40. The van der Waals surface area contributed by atoms with Gasteiger partial charge < -0.3 is 5.73 Å². The fraction of sp³-hybridized carbons (Fsp3) is 0.500. The lowest BCUT2D eigenvalue weighted by atomic mass is 9.94. The highest BCUT2D eigenvalue weighted by molar-refractivity contribution is 5.47. The molecule has 0 saturated carbocycles. The van der Waals surface area contributed by atoms with E-state index in [4.69, 9.17) is 5.73 Å². The molecule has 78 valence electrons. The van der Waals surface area contributed by atoms with Crippen LogP contribution in [0.5, 0.6) is 0 Å². The minimum Gasteiger partial charge on any atom is -0.399 e. The first kappa shape index (κ1) is 11.0. The van der Waals surface area contributed by atoms with E-state index in [1.54, 1.807) is 12.1 Å². The van der Waals surface area contributed by atoms with E-state index >= 15 is 0 Å². The first-order chi connectivity index (χ1) is 6.43. The van der Waals surface area contributed by atoms with Crippen molar-refractivity contribution in [3.8, 4) is 0 Å². The monoisotopic (exact) mass is 195 g/mol. The lowest BCUT2D eigenvalue weighted by Crippen LogP contribution is -2.02. The quantitative estimate of drug-likeness (QED) is 0.716. The van der Waals surface area contributed by atoms with Crippen LogP contribution in [0.15, 0.2) is 12.1 Å². The molecule has 1 aromatic carbocycles. The van der Waals surface area contributed by atoms with Crippen LogP contribution in [-0.2, 0) is 0 Å². The fourth-order valence-corrected chi connectivity index (χ4v) is 1.53. The summed E-state index contributed by atoms with van der Waals surface area (Å²) in [4.78, 5) is 0. The Bertz CT molecular complexity index is 300. The highest BCUT2D eigenvalue weighted by Crippen LogP contribution is 2.28. The predicted octanol–water partition coefficient (Wildman–Crippen LogP) is 3.65. The number of rotatable bonds is 2. The Labute approximate surface area is 85.1 Å². The van der Waals surface area contributed by atoms with Crippen LogP contribution in [0.4, 0.5) is 10.1 Å². The average molecular weight is 195 g/mol. The van der Waals surface area contributed by atoms with Gasteiger partial charge in [-0.15, -0.1) is 0 Å². The van der Waals surface area contributed by atoms with Gasteiger partial charge in [-0.2, -0.15) is 0 Å². The molecular weight excluding hydrogens is 177 g/mol. The van der Waals surface area contributed by atoms with Gasteiger partial charge in [-0.05, 0) is 35.1 Å². The van der Waals surface area contributed by atoms with E-state index in [-0.39, 0.29) is 17.7 Å². The van der Waals surface area contributed by atoms with Crippen molar-refractivity contribution in [3.05, 3.63) is 29.1 Å². The summed E-state index contributed by atoms with van der Waals surface area (Å²) in [6.07, 6.45) is 0. The van der Waals surface area contributed by atoms with Gasteiger partial charge in [-0.3, -0.25) is 0 Å². The second-order valence-electron chi connectivity index (χ2n) is 4.32. The molecule has 2 N–H and O–H groups in total. The lowest BCUT2D eigenvalue weighted by Gasteiger charge is -2.14. The Morgan fingerprint density at radius 1 is 1.00 bits per heavy atom. The molecule has 0 amide bonds. The Hall–Kier alpha value is -1.05. The van der Waals surface area contributed by atoms with Gasteiger partial charge in [0.15, 0.2) is 0 Å². The Kier molecular flexibility index (Phi) is 3.14. The summed E-state index contributed by atoms with van der Waals surface area (Å²) in [7, 11) is 0. The summed E-state index contributed by atoms with van der Waals surface area (Å²) in [5.74, 6) is 0.260. The van der Waals surface area contributed by atoms with Crippen LogP contribution in [0, 0.1) is 5.82 Å². The maximum atomic E-state index is 13.9. The van der Waals surface area contributed by atoms with Gasteiger partial charge in [0.05, 0.1) is 0 Å². The molecule has 1 rings (SSSR count). The van der Waals surface area contributed by atoms with E-state index in [0.29, 0.717) is 16.8 Å². The summed E-state index contributed by atoms with van der Waals surface area (Å²) in [6.45, 7) is 7.90. The topological polar surface area (TPSA) is 26.0 Å². The molecule has 0 bridgehead atoms. The smallest absolute Gasteiger partial charge is 0.130 e. The SMILES string of the molecule is CC(C)c1cc(N)cc(C(C)C)c1F. The number of hydrogen-bond donors (Lipinski definition) is 1. The van der Waals surface area contributed by atoms with E-state index in [1.807, 2.05) is 27.7 Å². The van der Waals surface area contributed by atoms with Crippen molar-refractivity contribution in [1.82, 2.24) is 0 Å². The van der Waals surface area contributed by atoms with Crippen molar-refractivity contribution < 1.29 is 4.39 Å². The number of anilines is 1. The number of hydrogen-bond acceptors (Lipinski definition) is 1. The molecule has 0 fully saturated rings. The van der Waals surface area contributed by atoms with Crippen molar-refractivity contribution in [1.29, 1.82) is 0 Å². The van der Waals surface area contributed by atoms with Gasteiger partial charge >= 0.3 is 0 Å². The predicted molar refractivity (Wildman–Crippen MR) is 59.0 cm³/mol. The maximum Gasteiger partial charge on any atom is 0.130 e. The standard InChI is InChI=1S/C12H18FN/c1-7(2)10-5-9(14)6-11(8(3)4)12(10)13/h5-8H,14H2,1-4H3. The molecule has 1 nitrogen and oxygen atoms in total. The summed E-state index contributed by atoms with van der Waals surface area (Å²) < 4.78 is 13.9. The third-order valence-electron chi connectivity index (χ3n) is 2.40. The van der Waals surface area contributed by atoms with E-state index in [9.17, 15) is 4.39 Å². The number of nitrogen functional groups attached to an aromatic ring is 1.